The van der Waals surface area contributed by atoms with Crippen LogP contribution in [0.4, 0.5) is 4.79 Å². The van der Waals surface area contributed by atoms with Crippen molar-refractivity contribution in [3.63, 3.8) is 0 Å². The number of para-hydroxylation sites is 3. The predicted octanol–water partition coefficient (Wildman–Crippen LogP) is 3.18. The smallest absolute Gasteiger partial charge is 0.323 e. The highest BCUT2D eigenvalue weighted by atomic mass is 16.2. The third kappa shape index (κ3) is 1.83. The Kier molecular flexibility index (Phi) is 2.66. The van der Waals surface area contributed by atoms with Gasteiger partial charge in [0.05, 0.1) is 28.4 Å². The van der Waals surface area contributed by atoms with Gasteiger partial charge in [0, 0.05) is 5.39 Å². The van der Waals surface area contributed by atoms with Crippen molar-refractivity contribution in [1.29, 1.82) is 0 Å². The molecule has 0 atom stereocenters. The molecule has 5 heteroatoms. The number of nitrogens with zero attached hydrogens (tertiary/aromatic N) is 3. The summed E-state index contributed by atoms with van der Waals surface area (Å²) in [5.41, 5.74) is 9.17. The highest BCUT2D eigenvalue weighted by molar-refractivity contribution is 5.97. The summed E-state index contributed by atoms with van der Waals surface area (Å²) in [5, 5.41) is 0.936. The zero-order chi connectivity index (χ0) is 15.1. The normalized spacial score (nSPS) is 11.1. The van der Waals surface area contributed by atoms with Gasteiger partial charge in [-0.3, -0.25) is 9.55 Å². The van der Waals surface area contributed by atoms with Crippen molar-refractivity contribution in [2.24, 2.45) is 5.73 Å². The number of amides is 1. The number of fused-ring (bicyclic) bond motifs is 2. The second-order valence-electron chi connectivity index (χ2n) is 5.01. The van der Waals surface area contributed by atoms with Crippen LogP contribution in [0.15, 0.2) is 60.8 Å². The standard InChI is InChI=1S/C17H12N4O/c18-17(22)21-15-8-4-1-5-11(15)9-16(21)14-10-19-12-6-2-3-7-13(12)20-14/h1-10H,(H2,18,22). The van der Waals surface area contributed by atoms with E-state index in [0.717, 1.165) is 21.9 Å². The Hall–Kier alpha value is -3.21. The largest absolute Gasteiger partial charge is 0.351 e. The molecule has 2 aromatic heterocycles. The molecule has 0 radical (unpaired) electrons. The number of nitrogens with two attached hydrogens (primary N) is 1. The van der Waals surface area contributed by atoms with Gasteiger partial charge in [-0.05, 0) is 24.3 Å². The van der Waals surface area contributed by atoms with E-state index in [1.165, 1.54) is 4.57 Å². The molecule has 106 valence electrons. The number of primary amides is 1. The predicted molar refractivity (Wildman–Crippen MR) is 85.5 cm³/mol. The molecule has 0 aliphatic rings. The molecular formula is C17H12N4O. The van der Waals surface area contributed by atoms with E-state index >= 15 is 0 Å². The molecule has 1 amide bonds. The van der Waals surface area contributed by atoms with Crippen LogP contribution in [0.25, 0.3) is 33.3 Å². The van der Waals surface area contributed by atoms with Gasteiger partial charge in [-0.1, -0.05) is 30.3 Å². The number of carbonyl (C=O) groups excluding carboxylic acids is 1. The SMILES string of the molecule is NC(=O)n1c(-c2cnc3ccccc3n2)cc2ccccc21. The fourth-order valence-corrected chi connectivity index (χ4v) is 2.66. The quantitative estimate of drug-likeness (QED) is 0.584. The minimum atomic E-state index is -0.536. The number of benzene rings is 2. The minimum absolute atomic E-state index is 0.536. The Morgan fingerprint density at radius 3 is 2.55 bits per heavy atom. The Bertz CT molecular complexity index is 1020. The number of rotatable bonds is 1. The minimum Gasteiger partial charge on any atom is -0.351 e. The summed E-state index contributed by atoms with van der Waals surface area (Å²) in [7, 11) is 0. The zero-order valence-corrected chi connectivity index (χ0v) is 11.6. The molecule has 0 spiro atoms. The van der Waals surface area contributed by atoms with E-state index in [1.807, 2.05) is 54.6 Å². The second kappa shape index (κ2) is 4.66. The molecule has 4 rings (SSSR count). The van der Waals surface area contributed by atoms with E-state index in [4.69, 9.17) is 5.73 Å². The van der Waals surface area contributed by atoms with E-state index < -0.39 is 6.03 Å². The molecule has 2 aromatic carbocycles. The van der Waals surface area contributed by atoms with Gasteiger partial charge in [-0.25, -0.2) is 9.78 Å². The van der Waals surface area contributed by atoms with Crippen molar-refractivity contribution < 1.29 is 4.79 Å². The molecule has 0 fully saturated rings. The summed E-state index contributed by atoms with van der Waals surface area (Å²) in [5.74, 6) is 0. The van der Waals surface area contributed by atoms with Gasteiger partial charge >= 0.3 is 6.03 Å². The van der Waals surface area contributed by atoms with Crippen molar-refractivity contribution in [2.75, 3.05) is 0 Å². The highest BCUT2D eigenvalue weighted by Crippen LogP contribution is 2.27. The monoisotopic (exact) mass is 288 g/mol. The second-order valence-corrected chi connectivity index (χ2v) is 5.01. The molecule has 0 unspecified atom stereocenters. The molecule has 0 saturated carbocycles. The van der Waals surface area contributed by atoms with Crippen LogP contribution < -0.4 is 5.73 Å². The maximum Gasteiger partial charge on any atom is 0.323 e. The van der Waals surface area contributed by atoms with Crippen molar-refractivity contribution in [3.05, 3.63) is 60.8 Å². The zero-order valence-electron chi connectivity index (χ0n) is 11.6. The summed E-state index contributed by atoms with van der Waals surface area (Å²) < 4.78 is 1.47. The van der Waals surface area contributed by atoms with Crippen LogP contribution in [0, 0.1) is 0 Å². The lowest BCUT2D eigenvalue weighted by atomic mass is 10.2. The first-order valence-electron chi connectivity index (χ1n) is 6.86. The van der Waals surface area contributed by atoms with Crippen LogP contribution in [0.2, 0.25) is 0 Å². The van der Waals surface area contributed by atoms with Crippen LogP contribution in [0.1, 0.15) is 0 Å². The number of carbonyl (C=O) groups is 1. The van der Waals surface area contributed by atoms with Crippen LogP contribution >= 0.6 is 0 Å². The molecule has 2 N–H and O–H groups in total. The maximum atomic E-state index is 11.9. The van der Waals surface area contributed by atoms with Crippen LogP contribution in [0.3, 0.4) is 0 Å². The molecule has 4 aromatic rings. The van der Waals surface area contributed by atoms with Crippen LogP contribution in [-0.4, -0.2) is 20.6 Å². The topological polar surface area (TPSA) is 73.8 Å². The first-order chi connectivity index (χ1) is 10.7. The molecule has 5 nitrogen and oxygen atoms in total. The van der Waals surface area contributed by atoms with Gasteiger partial charge in [0.2, 0.25) is 0 Å². The van der Waals surface area contributed by atoms with E-state index in [9.17, 15) is 4.79 Å². The summed E-state index contributed by atoms with van der Waals surface area (Å²) in [6.07, 6.45) is 1.66. The molecule has 0 aliphatic heterocycles. The molecule has 0 aliphatic carbocycles. The van der Waals surface area contributed by atoms with Gasteiger partial charge in [-0.15, -0.1) is 0 Å². The Morgan fingerprint density at radius 2 is 1.73 bits per heavy atom. The Balaban J connectivity index is 2.03. The van der Waals surface area contributed by atoms with Crippen molar-refractivity contribution in [3.8, 4) is 11.4 Å². The number of aromatic nitrogens is 3. The summed E-state index contributed by atoms with van der Waals surface area (Å²) in [4.78, 5) is 20.9. The van der Waals surface area contributed by atoms with Gasteiger partial charge in [0.15, 0.2) is 0 Å². The van der Waals surface area contributed by atoms with Crippen molar-refractivity contribution in [1.82, 2.24) is 14.5 Å². The van der Waals surface area contributed by atoms with E-state index in [2.05, 4.69) is 9.97 Å². The Labute approximate surface area is 126 Å². The lowest BCUT2D eigenvalue weighted by molar-refractivity contribution is 0.251. The first kappa shape index (κ1) is 12.5. The average molecular weight is 288 g/mol. The fraction of sp³-hybridized carbons (Fsp3) is 0. The van der Waals surface area contributed by atoms with E-state index in [0.29, 0.717) is 11.4 Å². The van der Waals surface area contributed by atoms with Gasteiger partial charge in [0.25, 0.3) is 0 Å². The van der Waals surface area contributed by atoms with Crippen molar-refractivity contribution >= 4 is 28.0 Å². The van der Waals surface area contributed by atoms with Crippen molar-refractivity contribution in [2.45, 2.75) is 0 Å². The molecule has 0 bridgehead atoms. The number of hydrogen-bond donors (Lipinski definition) is 1. The molecule has 0 saturated heterocycles. The van der Waals surface area contributed by atoms with Gasteiger partial charge < -0.3 is 5.73 Å². The first-order valence-corrected chi connectivity index (χ1v) is 6.86. The van der Waals surface area contributed by atoms with E-state index in [-0.39, 0.29) is 0 Å². The molecular weight excluding hydrogens is 276 g/mol. The third-order valence-corrected chi connectivity index (χ3v) is 3.64. The average Bonchev–Trinajstić information content (AvgIpc) is 2.94. The Morgan fingerprint density at radius 1 is 1.00 bits per heavy atom. The highest BCUT2D eigenvalue weighted by Gasteiger charge is 2.15. The van der Waals surface area contributed by atoms with E-state index in [1.54, 1.807) is 6.20 Å². The fourth-order valence-electron chi connectivity index (χ4n) is 2.66. The lowest BCUT2D eigenvalue weighted by Gasteiger charge is -2.06. The van der Waals surface area contributed by atoms with Crippen LogP contribution in [-0.2, 0) is 0 Å². The lowest BCUT2D eigenvalue weighted by Crippen LogP contribution is -2.20. The summed E-state index contributed by atoms with van der Waals surface area (Å²) >= 11 is 0. The molecule has 22 heavy (non-hydrogen) atoms. The third-order valence-electron chi connectivity index (χ3n) is 3.64. The van der Waals surface area contributed by atoms with Gasteiger partial charge in [0.1, 0.15) is 5.69 Å². The summed E-state index contributed by atoms with van der Waals surface area (Å²) in [6.45, 7) is 0. The van der Waals surface area contributed by atoms with Crippen LogP contribution in [0.5, 0.6) is 0 Å². The maximum absolute atomic E-state index is 11.9. The number of hydrogen-bond acceptors (Lipinski definition) is 3. The summed E-state index contributed by atoms with van der Waals surface area (Å²) in [6, 6.07) is 16.6. The van der Waals surface area contributed by atoms with Gasteiger partial charge in [-0.2, -0.15) is 0 Å². The molecule has 2 heterocycles.